The summed E-state index contributed by atoms with van der Waals surface area (Å²) in [4.78, 5) is 0. The van der Waals surface area contributed by atoms with Gasteiger partial charge in [0.15, 0.2) is 0 Å². The van der Waals surface area contributed by atoms with Gasteiger partial charge in [0.05, 0.1) is 11.6 Å². The summed E-state index contributed by atoms with van der Waals surface area (Å²) in [5.41, 5.74) is 0.877. The minimum absolute atomic E-state index is 0.0843. The fourth-order valence-electron chi connectivity index (χ4n) is 0.582. The number of aliphatic hydroxyl groups is 2. The van der Waals surface area contributed by atoms with Gasteiger partial charge in [-0.15, -0.1) is 0 Å². The van der Waals surface area contributed by atoms with E-state index in [0.29, 0.717) is 0 Å². The van der Waals surface area contributed by atoms with Gasteiger partial charge in [0.1, 0.15) is 0 Å². The number of aliphatic hydroxyl groups excluding tert-OH is 1. The molecule has 2 unspecified atom stereocenters. The Morgan fingerprint density at radius 2 is 2.10 bits per heavy atom. The van der Waals surface area contributed by atoms with Crippen molar-refractivity contribution in [2.24, 2.45) is 0 Å². The highest BCUT2D eigenvalue weighted by molar-refractivity contribution is 4.81. The van der Waals surface area contributed by atoms with Gasteiger partial charge >= 0.3 is 0 Å². The number of hydroxylamine groups is 1. The van der Waals surface area contributed by atoms with Gasteiger partial charge in [0.25, 0.3) is 0 Å². The van der Waals surface area contributed by atoms with E-state index in [1.807, 2.05) is 5.48 Å². The molecular formula is C6H15NO3. The zero-order chi connectivity index (χ0) is 8.20. The summed E-state index contributed by atoms with van der Waals surface area (Å²) >= 11 is 0. The molecular weight excluding hydrogens is 134 g/mol. The third kappa shape index (κ3) is 2.62. The second kappa shape index (κ2) is 3.88. The summed E-state index contributed by atoms with van der Waals surface area (Å²) in [5, 5.41) is 26.3. The third-order valence-corrected chi connectivity index (χ3v) is 1.74. The van der Waals surface area contributed by atoms with Crippen LogP contribution in [-0.4, -0.2) is 33.7 Å². The Morgan fingerprint density at radius 1 is 1.60 bits per heavy atom. The number of hydrogen-bond acceptors (Lipinski definition) is 4. The minimum atomic E-state index is -1.05. The second-order valence-electron chi connectivity index (χ2n) is 2.68. The van der Waals surface area contributed by atoms with E-state index in [2.05, 4.69) is 0 Å². The summed E-state index contributed by atoms with van der Waals surface area (Å²) < 4.78 is 0. The Balaban J connectivity index is 3.82. The van der Waals surface area contributed by atoms with Crippen molar-refractivity contribution in [3.63, 3.8) is 0 Å². The van der Waals surface area contributed by atoms with E-state index in [1.54, 1.807) is 13.8 Å². The van der Waals surface area contributed by atoms with Crippen LogP contribution in [0.15, 0.2) is 0 Å². The summed E-state index contributed by atoms with van der Waals surface area (Å²) in [7, 11) is 0. The Hall–Kier alpha value is -0.160. The van der Waals surface area contributed by atoms with E-state index in [-0.39, 0.29) is 13.0 Å². The topological polar surface area (TPSA) is 72.7 Å². The fourth-order valence-corrected chi connectivity index (χ4v) is 0.582. The molecule has 2 atom stereocenters. The molecule has 10 heavy (non-hydrogen) atoms. The van der Waals surface area contributed by atoms with E-state index in [1.165, 1.54) is 0 Å². The van der Waals surface area contributed by atoms with Gasteiger partial charge in [0, 0.05) is 13.0 Å². The Bertz CT molecular complexity index is 95.0. The van der Waals surface area contributed by atoms with Gasteiger partial charge in [-0.3, -0.25) is 0 Å². The van der Waals surface area contributed by atoms with Crippen LogP contribution in [0.3, 0.4) is 0 Å². The quantitative estimate of drug-likeness (QED) is 0.406. The molecule has 0 radical (unpaired) electrons. The van der Waals surface area contributed by atoms with Crippen LogP contribution in [0.4, 0.5) is 0 Å². The number of rotatable bonds is 4. The molecule has 0 aromatic carbocycles. The van der Waals surface area contributed by atoms with Gasteiger partial charge in [-0.1, -0.05) is 0 Å². The predicted octanol–water partition coefficient (Wildman–Crippen LogP) is -0.513. The standard InChI is InChI=1S/C6H15NO3/c1-5(7-10)6(2,9)3-4-8/h5,7-10H,3-4H2,1-2H3. The van der Waals surface area contributed by atoms with E-state index in [4.69, 9.17) is 10.3 Å². The molecule has 62 valence electrons. The first kappa shape index (κ1) is 9.84. The average molecular weight is 149 g/mol. The molecule has 0 aliphatic carbocycles. The van der Waals surface area contributed by atoms with Crippen LogP contribution in [0.2, 0.25) is 0 Å². The molecule has 0 heterocycles. The molecule has 0 aliphatic rings. The summed E-state index contributed by atoms with van der Waals surface area (Å²) in [6.45, 7) is 3.10. The highest BCUT2D eigenvalue weighted by Gasteiger charge is 2.26. The van der Waals surface area contributed by atoms with Crippen LogP contribution in [0.25, 0.3) is 0 Å². The van der Waals surface area contributed by atoms with Gasteiger partial charge in [-0.25, -0.2) is 0 Å². The Morgan fingerprint density at radius 3 is 2.40 bits per heavy atom. The maximum atomic E-state index is 9.40. The monoisotopic (exact) mass is 149 g/mol. The Kier molecular flexibility index (Phi) is 3.81. The fraction of sp³-hybridized carbons (Fsp3) is 1.00. The van der Waals surface area contributed by atoms with Crippen LogP contribution in [0.1, 0.15) is 20.3 Å². The molecule has 4 N–H and O–H groups in total. The zero-order valence-electron chi connectivity index (χ0n) is 6.33. The molecule has 0 fully saturated rings. The van der Waals surface area contributed by atoms with E-state index in [9.17, 15) is 5.11 Å². The highest BCUT2D eigenvalue weighted by atomic mass is 16.5. The first-order chi connectivity index (χ1) is 4.54. The maximum Gasteiger partial charge on any atom is 0.0813 e. The van der Waals surface area contributed by atoms with Crippen molar-refractivity contribution < 1.29 is 15.4 Å². The zero-order valence-corrected chi connectivity index (χ0v) is 6.33. The largest absolute Gasteiger partial charge is 0.396 e. The van der Waals surface area contributed by atoms with Crippen molar-refractivity contribution in [3.05, 3.63) is 0 Å². The lowest BCUT2D eigenvalue weighted by atomic mass is 9.95. The molecule has 0 aromatic rings. The molecule has 0 aromatic heterocycles. The van der Waals surface area contributed by atoms with Crippen LogP contribution >= 0.6 is 0 Å². The maximum absolute atomic E-state index is 9.40. The average Bonchev–Trinajstić information content (AvgIpc) is 1.86. The SMILES string of the molecule is CC(NO)C(C)(O)CCO. The second-order valence-corrected chi connectivity index (χ2v) is 2.68. The molecule has 0 spiro atoms. The van der Waals surface area contributed by atoms with E-state index < -0.39 is 11.6 Å². The van der Waals surface area contributed by atoms with Gasteiger partial charge in [-0.2, -0.15) is 5.48 Å². The smallest absolute Gasteiger partial charge is 0.0813 e. The summed E-state index contributed by atoms with van der Waals surface area (Å²) in [6, 6.07) is -0.431. The molecule has 0 amide bonds. The molecule has 4 nitrogen and oxygen atoms in total. The summed E-state index contributed by atoms with van der Waals surface area (Å²) in [5.74, 6) is 0. The molecule has 0 aliphatic heterocycles. The van der Waals surface area contributed by atoms with Gasteiger partial charge in [-0.05, 0) is 13.8 Å². The molecule has 0 saturated heterocycles. The summed E-state index contributed by atoms with van der Waals surface area (Å²) in [6.07, 6.45) is 0.252. The highest BCUT2D eigenvalue weighted by Crippen LogP contribution is 2.12. The van der Waals surface area contributed by atoms with Crippen LogP contribution in [-0.2, 0) is 0 Å². The first-order valence-electron chi connectivity index (χ1n) is 3.27. The van der Waals surface area contributed by atoms with Crippen molar-refractivity contribution in [2.75, 3.05) is 6.61 Å². The Labute approximate surface area is 60.5 Å². The van der Waals surface area contributed by atoms with Crippen molar-refractivity contribution in [1.29, 1.82) is 0 Å². The minimum Gasteiger partial charge on any atom is -0.396 e. The van der Waals surface area contributed by atoms with Crippen LogP contribution < -0.4 is 5.48 Å². The van der Waals surface area contributed by atoms with Crippen LogP contribution in [0.5, 0.6) is 0 Å². The number of hydrogen-bond donors (Lipinski definition) is 4. The molecule has 0 rings (SSSR count). The lowest BCUT2D eigenvalue weighted by Gasteiger charge is -2.28. The number of nitrogens with one attached hydrogen (secondary N) is 1. The van der Waals surface area contributed by atoms with Gasteiger partial charge in [0.2, 0.25) is 0 Å². The van der Waals surface area contributed by atoms with Gasteiger partial charge < -0.3 is 15.4 Å². The molecule has 0 saturated carbocycles. The van der Waals surface area contributed by atoms with Crippen molar-refractivity contribution in [2.45, 2.75) is 31.9 Å². The van der Waals surface area contributed by atoms with Crippen molar-refractivity contribution in [3.8, 4) is 0 Å². The first-order valence-corrected chi connectivity index (χ1v) is 3.27. The molecule has 0 bridgehead atoms. The lowest BCUT2D eigenvalue weighted by Crippen LogP contribution is -2.46. The normalized spacial score (nSPS) is 20.1. The third-order valence-electron chi connectivity index (χ3n) is 1.74. The van der Waals surface area contributed by atoms with Crippen LogP contribution in [0, 0.1) is 0 Å². The lowest BCUT2D eigenvalue weighted by molar-refractivity contribution is -0.0379. The molecule has 4 heteroatoms. The van der Waals surface area contributed by atoms with Crippen molar-refractivity contribution in [1.82, 2.24) is 5.48 Å². The van der Waals surface area contributed by atoms with E-state index >= 15 is 0 Å². The van der Waals surface area contributed by atoms with Crippen molar-refractivity contribution >= 4 is 0 Å². The van der Waals surface area contributed by atoms with E-state index in [0.717, 1.165) is 0 Å². The predicted molar refractivity (Wildman–Crippen MR) is 36.7 cm³/mol.